The lowest BCUT2D eigenvalue weighted by Gasteiger charge is -2.20. The Labute approximate surface area is 168 Å². The summed E-state index contributed by atoms with van der Waals surface area (Å²) in [4.78, 5) is 35.8. The second-order valence-electron chi connectivity index (χ2n) is 6.40. The maximum atomic E-state index is 12.8. The van der Waals surface area contributed by atoms with Gasteiger partial charge in [-0.25, -0.2) is 0 Å². The average molecular weight is 401 g/mol. The molecule has 0 heterocycles. The van der Waals surface area contributed by atoms with Crippen molar-refractivity contribution in [2.24, 2.45) is 5.92 Å². The third-order valence-electron chi connectivity index (χ3n) is 4.20. The van der Waals surface area contributed by atoms with Crippen molar-refractivity contribution in [3.8, 4) is 5.75 Å². The minimum atomic E-state index is -1.03. The lowest BCUT2D eigenvalue weighted by Crippen LogP contribution is -2.43. The highest BCUT2D eigenvalue weighted by Gasteiger charge is 2.24. The summed E-state index contributed by atoms with van der Waals surface area (Å²) in [6.45, 7) is 1.58. The van der Waals surface area contributed by atoms with Gasteiger partial charge in [-0.15, -0.1) is 0 Å². The number of aliphatic carboxylic acids is 1. The number of hydrogen-bond donors (Lipinski definition) is 3. The standard InChI is InChI=1S/C21H23NO5S/c1-14(23)28-13-17(20(25)16-5-3-2-4-6-16)12-22-19(21(26)27)11-15-7-9-18(24)10-8-15/h2-10,17,19,22,24H,11-13H2,1H3,(H,26,27)/t17?,19-/m0/s1. The summed E-state index contributed by atoms with van der Waals surface area (Å²) in [5, 5.41) is 21.7. The van der Waals surface area contributed by atoms with Gasteiger partial charge in [0.1, 0.15) is 11.8 Å². The van der Waals surface area contributed by atoms with Gasteiger partial charge in [-0.3, -0.25) is 14.4 Å². The summed E-state index contributed by atoms with van der Waals surface area (Å²) in [5.41, 5.74) is 1.28. The van der Waals surface area contributed by atoms with Crippen LogP contribution in [0.1, 0.15) is 22.8 Å². The van der Waals surface area contributed by atoms with E-state index in [9.17, 15) is 24.6 Å². The molecule has 0 spiro atoms. The molecule has 0 aromatic heterocycles. The van der Waals surface area contributed by atoms with Crippen LogP contribution in [0.5, 0.6) is 5.75 Å². The Morgan fingerprint density at radius 1 is 1.04 bits per heavy atom. The number of benzene rings is 2. The smallest absolute Gasteiger partial charge is 0.321 e. The number of carboxylic acids is 1. The van der Waals surface area contributed by atoms with Crippen molar-refractivity contribution in [1.29, 1.82) is 0 Å². The van der Waals surface area contributed by atoms with Gasteiger partial charge in [-0.1, -0.05) is 54.2 Å². The van der Waals surface area contributed by atoms with Crippen molar-refractivity contribution in [3.05, 3.63) is 65.7 Å². The van der Waals surface area contributed by atoms with E-state index < -0.39 is 17.9 Å². The molecule has 0 aliphatic rings. The van der Waals surface area contributed by atoms with Crippen LogP contribution in [0.25, 0.3) is 0 Å². The summed E-state index contributed by atoms with van der Waals surface area (Å²) in [5.74, 6) is -1.30. The third-order valence-corrected chi connectivity index (χ3v) is 5.18. The summed E-state index contributed by atoms with van der Waals surface area (Å²) in [6.07, 6.45) is 0.210. The molecule has 0 saturated carbocycles. The summed E-state index contributed by atoms with van der Waals surface area (Å²) in [7, 11) is 0. The first-order valence-corrected chi connectivity index (χ1v) is 9.82. The van der Waals surface area contributed by atoms with Crippen LogP contribution in [-0.2, 0) is 16.0 Å². The topological polar surface area (TPSA) is 104 Å². The van der Waals surface area contributed by atoms with Gasteiger partial charge < -0.3 is 15.5 Å². The molecule has 6 nitrogen and oxygen atoms in total. The second-order valence-corrected chi connectivity index (χ2v) is 7.60. The Balaban J connectivity index is 2.07. The molecule has 2 aromatic carbocycles. The molecule has 0 saturated heterocycles. The quantitative estimate of drug-likeness (QED) is 0.526. The largest absolute Gasteiger partial charge is 0.508 e. The number of phenolic OH excluding ortho intramolecular Hbond substituents is 1. The zero-order valence-corrected chi connectivity index (χ0v) is 16.3. The number of rotatable bonds is 10. The predicted molar refractivity (Wildman–Crippen MR) is 109 cm³/mol. The van der Waals surface area contributed by atoms with Gasteiger partial charge in [0.15, 0.2) is 10.9 Å². The number of carbonyl (C=O) groups excluding carboxylic acids is 2. The predicted octanol–water partition coefficient (Wildman–Crippen LogP) is 2.76. The minimum Gasteiger partial charge on any atom is -0.508 e. The average Bonchev–Trinajstić information content (AvgIpc) is 2.68. The zero-order valence-electron chi connectivity index (χ0n) is 15.5. The van der Waals surface area contributed by atoms with Crippen molar-refractivity contribution >= 4 is 28.6 Å². The molecule has 2 rings (SSSR count). The Bertz CT molecular complexity index is 807. The SMILES string of the molecule is CC(=O)SCC(CN[C@@H](Cc1ccc(O)cc1)C(=O)O)C(=O)c1ccccc1. The summed E-state index contributed by atoms with van der Waals surface area (Å²) < 4.78 is 0. The number of Topliss-reactive ketones (excluding diaryl/α,β-unsaturated/α-hetero) is 1. The third kappa shape index (κ3) is 6.83. The van der Waals surface area contributed by atoms with Crippen LogP contribution in [0.2, 0.25) is 0 Å². The number of hydrogen-bond acceptors (Lipinski definition) is 6. The second kappa shape index (κ2) is 10.6. The van der Waals surface area contributed by atoms with E-state index in [2.05, 4.69) is 5.32 Å². The number of phenols is 1. The number of nitrogens with one attached hydrogen (secondary N) is 1. The van der Waals surface area contributed by atoms with Gasteiger partial charge in [0, 0.05) is 30.7 Å². The van der Waals surface area contributed by atoms with Crippen LogP contribution >= 0.6 is 11.8 Å². The van der Waals surface area contributed by atoms with Crippen molar-refractivity contribution in [1.82, 2.24) is 5.32 Å². The molecule has 148 valence electrons. The molecule has 2 aromatic rings. The first-order chi connectivity index (χ1) is 13.4. The van der Waals surface area contributed by atoms with Gasteiger partial charge in [0.25, 0.3) is 0 Å². The molecule has 0 aliphatic heterocycles. The van der Waals surface area contributed by atoms with Crippen LogP contribution in [0.15, 0.2) is 54.6 Å². The Morgan fingerprint density at radius 3 is 2.25 bits per heavy atom. The summed E-state index contributed by atoms with van der Waals surface area (Å²) in [6, 6.07) is 14.2. The fourth-order valence-corrected chi connectivity index (χ4v) is 3.39. The monoisotopic (exact) mass is 401 g/mol. The van der Waals surface area contributed by atoms with Crippen LogP contribution < -0.4 is 5.32 Å². The van der Waals surface area contributed by atoms with Gasteiger partial charge in [0.2, 0.25) is 0 Å². The zero-order chi connectivity index (χ0) is 20.5. The molecule has 0 aliphatic carbocycles. The fourth-order valence-electron chi connectivity index (χ4n) is 2.68. The molecule has 0 bridgehead atoms. The highest BCUT2D eigenvalue weighted by atomic mass is 32.2. The van der Waals surface area contributed by atoms with E-state index >= 15 is 0 Å². The van der Waals surface area contributed by atoms with Crippen molar-refractivity contribution in [2.75, 3.05) is 12.3 Å². The molecule has 28 heavy (non-hydrogen) atoms. The number of carboxylic acid groups (broad SMARTS) is 1. The van der Waals surface area contributed by atoms with E-state index in [1.807, 2.05) is 6.07 Å². The number of thioether (sulfide) groups is 1. The molecule has 3 N–H and O–H groups in total. The maximum Gasteiger partial charge on any atom is 0.321 e. The number of carbonyl (C=O) groups is 3. The van der Waals surface area contributed by atoms with Crippen molar-refractivity contribution < 1.29 is 24.6 Å². The Morgan fingerprint density at radius 2 is 1.68 bits per heavy atom. The highest BCUT2D eigenvalue weighted by molar-refractivity contribution is 8.13. The molecular formula is C21H23NO5S. The van der Waals surface area contributed by atoms with Gasteiger partial charge in [-0.05, 0) is 24.1 Å². The highest BCUT2D eigenvalue weighted by Crippen LogP contribution is 2.16. The normalized spacial score (nSPS) is 12.9. The van der Waals surface area contributed by atoms with Crippen LogP contribution in [0.3, 0.4) is 0 Å². The number of ketones is 1. The summed E-state index contributed by atoms with van der Waals surface area (Å²) >= 11 is 1.05. The lowest BCUT2D eigenvalue weighted by atomic mass is 9.98. The molecule has 0 radical (unpaired) electrons. The van der Waals surface area contributed by atoms with E-state index in [4.69, 9.17) is 0 Å². The van der Waals surface area contributed by atoms with E-state index in [-0.39, 0.29) is 35.4 Å². The molecule has 2 atom stereocenters. The van der Waals surface area contributed by atoms with E-state index in [0.717, 1.165) is 17.3 Å². The Kier molecular flexibility index (Phi) is 8.22. The van der Waals surface area contributed by atoms with Gasteiger partial charge >= 0.3 is 5.97 Å². The van der Waals surface area contributed by atoms with Gasteiger partial charge in [-0.2, -0.15) is 0 Å². The minimum absolute atomic E-state index is 0.0928. The van der Waals surface area contributed by atoms with Gasteiger partial charge in [0.05, 0.1) is 0 Å². The number of aromatic hydroxyl groups is 1. The molecule has 7 heteroatoms. The van der Waals surface area contributed by atoms with E-state index in [1.54, 1.807) is 36.4 Å². The van der Waals surface area contributed by atoms with E-state index in [0.29, 0.717) is 5.56 Å². The first-order valence-electron chi connectivity index (χ1n) is 8.83. The van der Waals surface area contributed by atoms with Crippen molar-refractivity contribution in [2.45, 2.75) is 19.4 Å². The molecular weight excluding hydrogens is 378 g/mol. The first kappa shape index (κ1) is 21.7. The van der Waals surface area contributed by atoms with Crippen LogP contribution in [0.4, 0.5) is 0 Å². The maximum absolute atomic E-state index is 12.8. The van der Waals surface area contributed by atoms with E-state index in [1.165, 1.54) is 19.1 Å². The molecule has 1 unspecified atom stereocenters. The van der Waals surface area contributed by atoms with Crippen LogP contribution in [-0.4, -0.2) is 45.4 Å². The van der Waals surface area contributed by atoms with Crippen LogP contribution in [0, 0.1) is 5.92 Å². The van der Waals surface area contributed by atoms with Crippen molar-refractivity contribution in [3.63, 3.8) is 0 Å². The molecule has 0 fully saturated rings. The lowest BCUT2D eigenvalue weighted by molar-refractivity contribution is -0.139. The fraction of sp³-hybridized carbons (Fsp3) is 0.286. The molecule has 0 amide bonds. The Hall–Kier alpha value is -2.64.